The largest absolute Gasteiger partial charge is 0.486 e. The minimum Gasteiger partial charge on any atom is -0.486 e. The Morgan fingerprint density at radius 3 is 2.74 bits per heavy atom. The van der Waals surface area contributed by atoms with Crippen molar-refractivity contribution in [1.29, 1.82) is 0 Å². The summed E-state index contributed by atoms with van der Waals surface area (Å²) >= 11 is 0. The topological polar surface area (TPSA) is 59.0 Å². The molecule has 0 bridgehead atoms. The highest BCUT2D eigenvalue weighted by molar-refractivity contribution is 5.68. The van der Waals surface area contributed by atoms with Crippen LogP contribution in [0.3, 0.4) is 0 Å². The predicted octanol–water partition coefficient (Wildman–Crippen LogP) is 1.46. The molecule has 1 aromatic carbocycles. The van der Waals surface area contributed by atoms with Crippen LogP contribution in [0.15, 0.2) is 12.1 Å². The summed E-state index contributed by atoms with van der Waals surface area (Å²) in [6, 6.07) is 3.87. The molecule has 3 rings (SSSR count). The van der Waals surface area contributed by atoms with Crippen molar-refractivity contribution in [2.75, 3.05) is 26.8 Å². The van der Waals surface area contributed by atoms with Gasteiger partial charge in [-0.2, -0.15) is 0 Å². The van der Waals surface area contributed by atoms with Gasteiger partial charge in [-0.25, -0.2) is 0 Å². The number of aliphatic carboxylic acids is 1. The van der Waals surface area contributed by atoms with Gasteiger partial charge in [-0.05, 0) is 36.7 Å². The first-order valence-electron chi connectivity index (χ1n) is 6.49. The van der Waals surface area contributed by atoms with Crippen molar-refractivity contribution in [3.63, 3.8) is 0 Å². The lowest BCUT2D eigenvalue weighted by Crippen LogP contribution is -2.33. The highest BCUT2D eigenvalue weighted by Crippen LogP contribution is 2.40. The summed E-state index contributed by atoms with van der Waals surface area (Å²) in [5.74, 6) is 0.735. The molecule has 0 aromatic heterocycles. The van der Waals surface area contributed by atoms with Crippen LogP contribution >= 0.6 is 0 Å². The molecule has 1 atom stereocenters. The normalized spacial score (nSPS) is 21.8. The van der Waals surface area contributed by atoms with Gasteiger partial charge < -0.3 is 14.6 Å². The zero-order valence-corrected chi connectivity index (χ0v) is 10.9. The van der Waals surface area contributed by atoms with Crippen molar-refractivity contribution in [2.45, 2.75) is 18.9 Å². The zero-order valence-electron chi connectivity index (χ0n) is 10.9. The Kier molecular flexibility index (Phi) is 3.06. The first-order chi connectivity index (χ1) is 9.15. The molecule has 1 aromatic rings. The van der Waals surface area contributed by atoms with Crippen molar-refractivity contribution in [1.82, 2.24) is 4.90 Å². The summed E-state index contributed by atoms with van der Waals surface area (Å²) in [5, 5.41) is 9.06. The van der Waals surface area contributed by atoms with Crippen LogP contribution in [-0.4, -0.2) is 42.8 Å². The number of carboxylic acids is 1. The maximum Gasteiger partial charge on any atom is 0.305 e. The smallest absolute Gasteiger partial charge is 0.305 e. The second kappa shape index (κ2) is 4.74. The Hall–Kier alpha value is -1.75. The molecule has 0 fully saturated rings. The van der Waals surface area contributed by atoms with Crippen molar-refractivity contribution in [3.05, 3.63) is 23.3 Å². The third-order valence-corrected chi connectivity index (χ3v) is 3.80. The fourth-order valence-electron chi connectivity index (χ4n) is 2.79. The van der Waals surface area contributed by atoms with Crippen LogP contribution in [0.25, 0.3) is 0 Å². The Balaban J connectivity index is 2.01. The molecule has 1 unspecified atom stereocenters. The minimum atomic E-state index is -0.778. The molecule has 102 valence electrons. The van der Waals surface area contributed by atoms with Crippen LogP contribution in [0.5, 0.6) is 11.5 Å². The number of hydrogen-bond donors (Lipinski definition) is 1. The molecule has 0 aliphatic carbocycles. The van der Waals surface area contributed by atoms with Crippen molar-refractivity contribution in [3.8, 4) is 11.5 Å². The maximum absolute atomic E-state index is 11.0. The van der Waals surface area contributed by atoms with Crippen LogP contribution in [0.4, 0.5) is 0 Å². The van der Waals surface area contributed by atoms with Gasteiger partial charge in [0.2, 0.25) is 0 Å². The first kappa shape index (κ1) is 12.3. The van der Waals surface area contributed by atoms with Gasteiger partial charge in [-0.1, -0.05) is 0 Å². The van der Waals surface area contributed by atoms with Crippen molar-refractivity contribution in [2.24, 2.45) is 0 Å². The first-order valence-corrected chi connectivity index (χ1v) is 6.49. The van der Waals surface area contributed by atoms with Gasteiger partial charge in [-0.3, -0.25) is 9.69 Å². The number of likely N-dealkylation sites (N-methyl/N-ethyl adjacent to an activating group) is 1. The molecule has 19 heavy (non-hydrogen) atoms. The number of hydrogen-bond acceptors (Lipinski definition) is 4. The lowest BCUT2D eigenvalue weighted by Gasteiger charge is -2.35. The van der Waals surface area contributed by atoms with Gasteiger partial charge in [0.05, 0.1) is 6.42 Å². The summed E-state index contributed by atoms with van der Waals surface area (Å²) in [4.78, 5) is 13.1. The number of fused-ring (bicyclic) bond motifs is 2. The summed E-state index contributed by atoms with van der Waals surface area (Å²) < 4.78 is 11.2. The number of nitrogens with zero attached hydrogens (tertiary/aromatic N) is 1. The summed E-state index contributed by atoms with van der Waals surface area (Å²) in [7, 11) is 1.97. The SMILES string of the molecule is CN1CCc2cc3c(cc2C1CC(=O)O)OCCO3. The molecule has 5 nitrogen and oxygen atoms in total. The molecule has 0 saturated heterocycles. The fraction of sp³-hybridized carbons (Fsp3) is 0.500. The number of benzene rings is 1. The minimum absolute atomic E-state index is 0.0860. The van der Waals surface area contributed by atoms with E-state index in [1.165, 1.54) is 5.56 Å². The lowest BCUT2D eigenvalue weighted by molar-refractivity contribution is -0.138. The van der Waals surface area contributed by atoms with Crippen LogP contribution in [0, 0.1) is 0 Å². The van der Waals surface area contributed by atoms with E-state index in [1.807, 2.05) is 19.2 Å². The molecule has 0 radical (unpaired) electrons. The Labute approximate surface area is 111 Å². The molecule has 0 amide bonds. The van der Waals surface area contributed by atoms with Crippen LogP contribution in [-0.2, 0) is 11.2 Å². The molecule has 2 aliphatic heterocycles. The monoisotopic (exact) mass is 263 g/mol. The second-order valence-corrected chi connectivity index (χ2v) is 5.04. The van der Waals surface area contributed by atoms with E-state index in [1.54, 1.807) is 0 Å². The van der Waals surface area contributed by atoms with Gasteiger partial charge in [-0.15, -0.1) is 0 Å². The van der Waals surface area contributed by atoms with Crippen LogP contribution < -0.4 is 9.47 Å². The molecular formula is C14H17NO4. The van der Waals surface area contributed by atoms with E-state index >= 15 is 0 Å². The van der Waals surface area contributed by atoms with Gasteiger partial charge in [0.25, 0.3) is 0 Å². The third kappa shape index (κ3) is 2.26. The molecule has 0 spiro atoms. The lowest BCUT2D eigenvalue weighted by atomic mass is 9.90. The van der Waals surface area contributed by atoms with Gasteiger partial charge >= 0.3 is 5.97 Å². The van der Waals surface area contributed by atoms with Crippen LogP contribution in [0.2, 0.25) is 0 Å². The summed E-state index contributed by atoms with van der Waals surface area (Å²) in [5.41, 5.74) is 2.23. The Morgan fingerprint density at radius 2 is 2.05 bits per heavy atom. The molecule has 0 saturated carbocycles. The van der Waals surface area contributed by atoms with E-state index in [2.05, 4.69) is 4.90 Å². The highest BCUT2D eigenvalue weighted by Gasteiger charge is 2.29. The highest BCUT2D eigenvalue weighted by atomic mass is 16.6. The van der Waals surface area contributed by atoms with E-state index in [-0.39, 0.29) is 12.5 Å². The summed E-state index contributed by atoms with van der Waals surface area (Å²) in [6.45, 7) is 1.99. The van der Waals surface area contributed by atoms with Gasteiger partial charge in [0, 0.05) is 12.6 Å². The van der Waals surface area contributed by atoms with Crippen molar-refractivity contribution < 1.29 is 19.4 Å². The van der Waals surface area contributed by atoms with Gasteiger partial charge in [0.1, 0.15) is 13.2 Å². The quantitative estimate of drug-likeness (QED) is 0.875. The molecular weight excluding hydrogens is 246 g/mol. The van der Waals surface area contributed by atoms with Gasteiger partial charge in [0.15, 0.2) is 11.5 Å². The average molecular weight is 263 g/mol. The molecule has 5 heteroatoms. The average Bonchev–Trinajstić information content (AvgIpc) is 2.40. The number of carbonyl (C=O) groups is 1. The van der Waals surface area contributed by atoms with Crippen LogP contribution in [0.1, 0.15) is 23.6 Å². The third-order valence-electron chi connectivity index (χ3n) is 3.80. The second-order valence-electron chi connectivity index (χ2n) is 5.04. The number of rotatable bonds is 2. The van der Waals surface area contributed by atoms with E-state index in [9.17, 15) is 4.79 Å². The maximum atomic E-state index is 11.0. The summed E-state index contributed by atoms with van der Waals surface area (Å²) in [6.07, 6.45) is 1.03. The predicted molar refractivity (Wildman–Crippen MR) is 68.8 cm³/mol. The Morgan fingerprint density at radius 1 is 1.37 bits per heavy atom. The molecule has 2 aliphatic rings. The van der Waals surface area contributed by atoms with Crippen molar-refractivity contribution >= 4 is 5.97 Å². The fourth-order valence-corrected chi connectivity index (χ4v) is 2.79. The van der Waals surface area contributed by atoms with E-state index in [0.29, 0.717) is 13.2 Å². The number of carboxylic acid groups (broad SMARTS) is 1. The standard InChI is InChI=1S/C14H17NO4/c1-15-3-2-9-6-12-13(19-5-4-18-12)7-10(9)11(15)8-14(16)17/h6-7,11H,2-5,8H2,1H3,(H,16,17). The zero-order chi connectivity index (χ0) is 13.4. The van der Waals surface area contributed by atoms with E-state index in [4.69, 9.17) is 14.6 Å². The van der Waals surface area contributed by atoms with E-state index in [0.717, 1.165) is 30.0 Å². The molecule has 2 heterocycles. The Bertz CT molecular complexity index is 514. The molecule has 1 N–H and O–H groups in total. The van der Waals surface area contributed by atoms with E-state index < -0.39 is 5.97 Å². The number of ether oxygens (including phenoxy) is 2.